The van der Waals surface area contributed by atoms with E-state index in [0.717, 1.165) is 6.42 Å². The van der Waals surface area contributed by atoms with Crippen molar-refractivity contribution in [2.45, 2.75) is 101 Å². The summed E-state index contributed by atoms with van der Waals surface area (Å²) in [5, 5.41) is 56.9. The predicted octanol–water partition coefficient (Wildman–Crippen LogP) is 3.53. The normalized spacial score (nSPS) is 29.6. The maximum atomic E-state index is 14.2. The van der Waals surface area contributed by atoms with Gasteiger partial charge in [-0.25, -0.2) is 4.79 Å². The number of hydrogen-bond donors (Lipinski definition) is 6. The number of aliphatic hydroxyl groups is 4. The molecule has 4 aliphatic rings. The number of carbonyl (C=O) groups is 3. The van der Waals surface area contributed by atoms with Crippen molar-refractivity contribution in [3.8, 4) is 23.3 Å². The van der Waals surface area contributed by atoms with E-state index in [2.05, 4.69) is 17.2 Å². The Kier molecular flexibility index (Phi) is 10.6. The smallest absolute Gasteiger partial charge is 0.334 e. The highest BCUT2D eigenvalue weighted by molar-refractivity contribution is 5.89. The number of fused-ring (bicyclic) bond motifs is 2. The second-order valence-electron chi connectivity index (χ2n) is 14.2. The van der Waals surface area contributed by atoms with Gasteiger partial charge in [0.1, 0.15) is 29.0 Å². The van der Waals surface area contributed by atoms with Gasteiger partial charge in [0, 0.05) is 54.6 Å². The number of cyclic esters (lactones) is 1. The molecule has 6 N–H and O–H groups in total. The molecule has 2 aromatic carbocycles. The van der Waals surface area contributed by atoms with E-state index in [4.69, 9.17) is 9.47 Å². The van der Waals surface area contributed by atoms with Gasteiger partial charge in [-0.2, -0.15) is 0 Å². The summed E-state index contributed by atoms with van der Waals surface area (Å²) in [6.07, 6.45) is 2.43. The van der Waals surface area contributed by atoms with Crippen molar-refractivity contribution in [3.05, 3.63) is 64.2 Å². The highest BCUT2D eigenvalue weighted by atomic mass is 16.6. The van der Waals surface area contributed by atoms with Crippen LogP contribution in [-0.2, 0) is 32.1 Å². The third-order valence-electron chi connectivity index (χ3n) is 10.6. The number of ether oxygens (including phenoxy) is 2. The van der Waals surface area contributed by atoms with Crippen molar-refractivity contribution in [2.24, 2.45) is 11.8 Å². The quantitative estimate of drug-likeness (QED) is 0.108. The van der Waals surface area contributed by atoms with E-state index in [1.54, 1.807) is 25.1 Å². The Morgan fingerprint density at radius 2 is 1.82 bits per heavy atom. The number of aromatic hydroxyl groups is 1. The molecular weight excluding hydrogens is 642 g/mol. The summed E-state index contributed by atoms with van der Waals surface area (Å²) in [5.41, 5.74) is 1.44. The van der Waals surface area contributed by atoms with Crippen molar-refractivity contribution in [1.29, 1.82) is 0 Å². The molecule has 266 valence electrons. The van der Waals surface area contributed by atoms with E-state index in [-0.39, 0.29) is 67.1 Å². The molecule has 6 rings (SSSR count). The zero-order chi connectivity index (χ0) is 35.6. The molecule has 0 spiro atoms. The number of hydrogen-bond acceptors (Lipinski definition) is 11. The van der Waals surface area contributed by atoms with Crippen LogP contribution in [0.2, 0.25) is 0 Å². The van der Waals surface area contributed by atoms with Crippen molar-refractivity contribution in [1.82, 2.24) is 0 Å². The van der Waals surface area contributed by atoms with Gasteiger partial charge in [0.15, 0.2) is 0 Å². The van der Waals surface area contributed by atoms with E-state index in [1.807, 2.05) is 6.07 Å². The molecular formula is C39H45NO10. The van der Waals surface area contributed by atoms with E-state index in [1.165, 1.54) is 12.1 Å². The van der Waals surface area contributed by atoms with E-state index in [0.29, 0.717) is 60.0 Å². The van der Waals surface area contributed by atoms with Gasteiger partial charge in [-0.1, -0.05) is 24.3 Å². The number of Topliss-reactive ketones (excluding diaryl/α,β-unsaturated/α-hetero) is 1. The lowest BCUT2D eigenvalue weighted by Gasteiger charge is -2.50. The molecule has 50 heavy (non-hydrogen) atoms. The molecule has 2 heterocycles. The standard InChI is InChI=1S/C39H45NO10/c1-22(43)20-40-30-12-23(21-42)11-28(14-30)24-4-5-25-18-37(46)49-35-19-34(45)29(16-32(25)35)17-36(50-38(47)27(13-24)8-10-41)39(48)9-2-3-26-15-31(44)6-7-33(26)39/h8,11-12,14,16,19,22,24-26,33,36,40-43,45,48H,2-3,6-7,9-10,13,15,17-18,20-21H2,1H3/b27-8-/t22-,24-,25-,26+,33-,36+,39-/m0/s1. The first-order valence-corrected chi connectivity index (χ1v) is 17.5. The molecule has 0 aromatic heterocycles. The highest BCUT2D eigenvalue weighted by Gasteiger charge is 2.53. The number of anilines is 1. The Morgan fingerprint density at radius 3 is 2.58 bits per heavy atom. The van der Waals surface area contributed by atoms with Gasteiger partial charge in [-0.05, 0) is 85.4 Å². The SMILES string of the molecule is C[C@H](O)CNc1cc(CO)cc([C@H]2C#C[C@H]3CC(=O)Oc4cc(O)c(cc43)C[C@H]([C@]3(O)CCC[C@@H]4CC(=O)CC[C@@H]43)OC(=O)/C(=C\CO)C2)c1. The first-order chi connectivity index (χ1) is 24.0. The Balaban J connectivity index is 1.48. The second kappa shape index (κ2) is 15.0. The zero-order valence-electron chi connectivity index (χ0n) is 28.2. The minimum absolute atomic E-state index is 0.00429. The number of aliphatic hydroxyl groups excluding tert-OH is 3. The molecule has 2 fully saturated rings. The van der Waals surface area contributed by atoms with Crippen molar-refractivity contribution < 1.29 is 49.4 Å². The number of carbonyl (C=O) groups excluding carboxylic acids is 3. The van der Waals surface area contributed by atoms with Gasteiger partial charge in [0.05, 0.1) is 31.7 Å². The topological polar surface area (TPSA) is 183 Å². The first-order valence-electron chi connectivity index (χ1n) is 17.5. The molecule has 0 radical (unpaired) electrons. The summed E-state index contributed by atoms with van der Waals surface area (Å²) in [4.78, 5) is 39.3. The molecule has 2 aromatic rings. The van der Waals surface area contributed by atoms with Crippen molar-refractivity contribution in [2.75, 3.05) is 18.5 Å². The third kappa shape index (κ3) is 7.59. The number of phenols is 1. The lowest BCUT2D eigenvalue weighted by molar-refractivity contribution is -0.187. The van der Waals surface area contributed by atoms with Crippen LogP contribution in [0.5, 0.6) is 11.5 Å². The minimum atomic E-state index is -1.49. The number of esters is 2. The fourth-order valence-electron chi connectivity index (χ4n) is 8.15. The van der Waals surface area contributed by atoms with Crippen LogP contribution in [0.15, 0.2) is 42.0 Å². The predicted molar refractivity (Wildman–Crippen MR) is 182 cm³/mol. The molecule has 11 heteroatoms. The molecule has 11 nitrogen and oxygen atoms in total. The maximum Gasteiger partial charge on any atom is 0.334 e. The van der Waals surface area contributed by atoms with Gasteiger partial charge < -0.3 is 40.3 Å². The first kappa shape index (κ1) is 35.6. The average molecular weight is 688 g/mol. The van der Waals surface area contributed by atoms with Crippen molar-refractivity contribution >= 4 is 23.4 Å². The fourth-order valence-corrected chi connectivity index (χ4v) is 8.15. The zero-order valence-corrected chi connectivity index (χ0v) is 28.2. The highest BCUT2D eigenvalue weighted by Crippen LogP contribution is 2.49. The number of phenolic OH excluding ortho intramolecular Hbond substituents is 1. The molecule has 2 aliphatic carbocycles. The van der Waals surface area contributed by atoms with Gasteiger partial charge >= 0.3 is 11.9 Å². The lowest BCUT2D eigenvalue weighted by Crippen LogP contribution is -2.57. The Bertz CT molecular complexity index is 1740. The molecule has 2 saturated carbocycles. The van der Waals surface area contributed by atoms with Crippen LogP contribution < -0.4 is 10.1 Å². The summed E-state index contributed by atoms with van der Waals surface area (Å²) in [7, 11) is 0. The van der Waals surface area contributed by atoms with Crippen LogP contribution in [0.25, 0.3) is 0 Å². The van der Waals surface area contributed by atoms with Crippen LogP contribution in [-0.4, -0.2) is 74.2 Å². The maximum absolute atomic E-state index is 14.2. The summed E-state index contributed by atoms with van der Waals surface area (Å²) in [6.45, 7) is 1.15. The van der Waals surface area contributed by atoms with E-state index >= 15 is 0 Å². The third-order valence-corrected chi connectivity index (χ3v) is 10.6. The van der Waals surface area contributed by atoms with Crippen LogP contribution in [0, 0.1) is 23.7 Å². The van der Waals surface area contributed by atoms with Gasteiger partial charge in [0.2, 0.25) is 0 Å². The largest absolute Gasteiger partial charge is 0.508 e. The van der Waals surface area contributed by atoms with Gasteiger partial charge in [-0.15, -0.1) is 0 Å². The molecule has 0 amide bonds. The Morgan fingerprint density at radius 1 is 1.02 bits per heavy atom. The van der Waals surface area contributed by atoms with Gasteiger partial charge in [0.25, 0.3) is 0 Å². The molecule has 0 unspecified atom stereocenters. The fraction of sp³-hybridized carbons (Fsp3) is 0.513. The van der Waals surface area contributed by atoms with Crippen LogP contribution in [0.4, 0.5) is 5.69 Å². The summed E-state index contributed by atoms with van der Waals surface area (Å²) in [5.74, 6) is 3.74. The molecule has 0 saturated heterocycles. The molecule has 7 atom stereocenters. The molecule has 2 aliphatic heterocycles. The Hall–Kier alpha value is -4.21. The molecule has 2 bridgehead atoms. The Labute approximate surface area is 291 Å². The average Bonchev–Trinajstić information content (AvgIpc) is 3.08. The summed E-state index contributed by atoms with van der Waals surface area (Å²) >= 11 is 0. The monoisotopic (exact) mass is 687 g/mol. The van der Waals surface area contributed by atoms with E-state index in [9.17, 15) is 39.9 Å². The van der Waals surface area contributed by atoms with Crippen LogP contribution in [0.1, 0.15) is 92.4 Å². The number of nitrogens with one attached hydrogen (secondary N) is 1. The van der Waals surface area contributed by atoms with Gasteiger partial charge in [-0.3, -0.25) is 9.59 Å². The van der Waals surface area contributed by atoms with E-state index < -0.39 is 48.2 Å². The second-order valence-corrected chi connectivity index (χ2v) is 14.2. The summed E-state index contributed by atoms with van der Waals surface area (Å²) < 4.78 is 11.8. The van der Waals surface area contributed by atoms with Crippen molar-refractivity contribution in [3.63, 3.8) is 0 Å². The number of ketones is 1. The lowest BCUT2D eigenvalue weighted by atomic mass is 9.60. The van der Waals surface area contributed by atoms with Crippen LogP contribution in [0.3, 0.4) is 0 Å². The van der Waals surface area contributed by atoms with Crippen LogP contribution >= 0.6 is 0 Å². The number of benzene rings is 2. The summed E-state index contributed by atoms with van der Waals surface area (Å²) in [6, 6.07) is 8.40. The number of rotatable bonds is 7. The minimum Gasteiger partial charge on any atom is -0.508 e.